The molecule has 2 rings (SSSR count). The van der Waals surface area contributed by atoms with Crippen LogP contribution in [-0.2, 0) is 6.42 Å². The Morgan fingerprint density at radius 2 is 1.95 bits per heavy atom. The maximum Gasteiger partial charge on any atom is 0.124 e. The predicted molar refractivity (Wildman–Crippen MR) is 101 cm³/mol. The van der Waals surface area contributed by atoms with Gasteiger partial charge in [0.25, 0.3) is 0 Å². The van der Waals surface area contributed by atoms with Crippen LogP contribution in [0.5, 0.6) is 0 Å². The molecule has 2 aromatic rings. The molecule has 0 fully saturated rings. The Hall–Kier alpha value is 0.0200. The summed E-state index contributed by atoms with van der Waals surface area (Å²) < 4.78 is 16.3. The van der Waals surface area contributed by atoms with Crippen molar-refractivity contribution in [2.75, 3.05) is 6.54 Å². The number of halogens is 4. The number of rotatable bonds is 5. The van der Waals surface area contributed by atoms with Crippen molar-refractivity contribution in [3.63, 3.8) is 0 Å². The van der Waals surface area contributed by atoms with Gasteiger partial charge in [-0.15, -0.1) is 0 Å². The van der Waals surface area contributed by atoms with Crippen LogP contribution in [0.4, 0.5) is 4.39 Å². The second kappa shape index (κ2) is 8.04. The molecular weight excluding hydrogens is 512 g/mol. The van der Waals surface area contributed by atoms with Crippen molar-refractivity contribution < 1.29 is 4.39 Å². The van der Waals surface area contributed by atoms with E-state index in [0.717, 1.165) is 27.5 Å². The van der Waals surface area contributed by atoms with Crippen LogP contribution in [-0.4, -0.2) is 6.54 Å². The Labute approximate surface area is 155 Å². The number of likely N-dealkylation sites (N-methyl/N-ethyl adjacent to an activating group) is 1. The summed E-state index contributed by atoms with van der Waals surface area (Å²) in [7, 11) is 0. The van der Waals surface area contributed by atoms with Gasteiger partial charge in [-0.3, -0.25) is 0 Å². The summed E-state index contributed by atoms with van der Waals surface area (Å²) in [4.78, 5) is 0. The third kappa shape index (κ3) is 4.74. The first-order chi connectivity index (χ1) is 10.0. The summed E-state index contributed by atoms with van der Waals surface area (Å²) in [6, 6.07) is 11.4. The van der Waals surface area contributed by atoms with E-state index in [0.29, 0.717) is 0 Å². The molecule has 112 valence electrons. The maximum absolute atomic E-state index is 13.2. The SMILES string of the molecule is CCNC(Cc1ccc(F)cc1Br)c1cc(Br)ccc1I. The molecule has 0 saturated heterocycles. The molecular formula is C16H15Br2FIN. The number of nitrogens with one attached hydrogen (secondary N) is 1. The molecule has 0 radical (unpaired) electrons. The van der Waals surface area contributed by atoms with E-state index in [9.17, 15) is 4.39 Å². The summed E-state index contributed by atoms with van der Waals surface area (Å²) in [5, 5.41) is 3.52. The van der Waals surface area contributed by atoms with Crippen LogP contribution >= 0.6 is 54.5 Å². The van der Waals surface area contributed by atoms with Crippen LogP contribution in [0.1, 0.15) is 24.1 Å². The normalized spacial score (nSPS) is 12.4. The van der Waals surface area contributed by atoms with Crippen LogP contribution in [0.2, 0.25) is 0 Å². The first kappa shape index (κ1) is 17.4. The van der Waals surface area contributed by atoms with Crippen LogP contribution in [0.3, 0.4) is 0 Å². The third-order valence-corrected chi connectivity index (χ3v) is 5.44. The molecule has 2 aromatic carbocycles. The van der Waals surface area contributed by atoms with Crippen LogP contribution < -0.4 is 5.32 Å². The number of hydrogen-bond acceptors (Lipinski definition) is 1. The molecule has 0 saturated carbocycles. The number of hydrogen-bond donors (Lipinski definition) is 1. The average Bonchev–Trinajstić information content (AvgIpc) is 2.44. The zero-order valence-electron chi connectivity index (χ0n) is 11.5. The minimum Gasteiger partial charge on any atom is -0.310 e. The van der Waals surface area contributed by atoms with Gasteiger partial charge in [-0.05, 0) is 77.0 Å². The van der Waals surface area contributed by atoms with Crippen LogP contribution in [0, 0.1) is 9.39 Å². The molecule has 21 heavy (non-hydrogen) atoms. The van der Waals surface area contributed by atoms with Crippen molar-refractivity contribution in [3.8, 4) is 0 Å². The van der Waals surface area contributed by atoms with Crippen LogP contribution in [0.25, 0.3) is 0 Å². The predicted octanol–water partition coefficient (Wildman–Crippen LogP) is 5.85. The van der Waals surface area contributed by atoms with Crippen molar-refractivity contribution in [2.24, 2.45) is 0 Å². The minimum absolute atomic E-state index is 0.196. The average molecular weight is 527 g/mol. The van der Waals surface area contributed by atoms with Crippen molar-refractivity contribution in [1.82, 2.24) is 5.32 Å². The highest BCUT2D eigenvalue weighted by molar-refractivity contribution is 14.1. The van der Waals surface area contributed by atoms with Gasteiger partial charge in [0.15, 0.2) is 0 Å². The molecule has 0 aliphatic carbocycles. The lowest BCUT2D eigenvalue weighted by Crippen LogP contribution is -2.24. The largest absolute Gasteiger partial charge is 0.310 e. The topological polar surface area (TPSA) is 12.0 Å². The molecule has 0 aliphatic heterocycles. The summed E-state index contributed by atoms with van der Waals surface area (Å²) in [5.41, 5.74) is 2.35. The Kier molecular flexibility index (Phi) is 6.65. The fourth-order valence-electron chi connectivity index (χ4n) is 2.23. The first-order valence-electron chi connectivity index (χ1n) is 6.63. The molecule has 1 atom stereocenters. The summed E-state index contributed by atoms with van der Waals surface area (Å²) in [6.07, 6.45) is 0.807. The zero-order chi connectivity index (χ0) is 15.4. The van der Waals surface area contributed by atoms with E-state index >= 15 is 0 Å². The molecule has 0 heterocycles. The molecule has 0 spiro atoms. The van der Waals surface area contributed by atoms with Gasteiger partial charge in [0, 0.05) is 18.6 Å². The Bertz CT molecular complexity index is 634. The van der Waals surface area contributed by atoms with Crippen molar-refractivity contribution in [1.29, 1.82) is 0 Å². The third-order valence-electron chi connectivity index (χ3n) is 3.22. The van der Waals surface area contributed by atoms with E-state index in [1.165, 1.54) is 21.3 Å². The molecule has 1 unspecified atom stereocenters. The van der Waals surface area contributed by atoms with Crippen molar-refractivity contribution in [3.05, 3.63) is 65.9 Å². The standard InChI is InChI=1S/C16H15Br2FIN/c1-2-21-16(13-8-11(17)4-6-15(13)20)7-10-3-5-12(19)9-14(10)18/h3-6,8-9,16,21H,2,7H2,1H3. The summed E-state index contributed by atoms with van der Waals surface area (Å²) in [5.74, 6) is -0.220. The highest BCUT2D eigenvalue weighted by Crippen LogP contribution is 2.29. The van der Waals surface area contributed by atoms with Gasteiger partial charge in [-0.25, -0.2) is 4.39 Å². The maximum atomic E-state index is 13.2. The van der Waals surface area contributed by atoms with Crippen molar-refractivity contribution in [2.45, 2.75) is 19.4 Å². The number of benzene rings is 2. The molecule has 0 amide bonds. The minimum atomic E-state index is -0.220. The van der Waals surface area contributed by atoms with E-state index in [1.54, 1.807) is 0 Å². The van der Waals surface area contributed by atoms with Crippen LogP contribution in [0.15, 0.2) is 45.3 Å². The van der Waals surface area contributed by atoms with E-state index < -0.39 is 0 Å². The van der Waals surface area contributed by atoms with Gasteiger partial charge in [-0.1, -0.05) is 44.8 Å². The molecule has 0 aliphatic rings. The highest BCUT2D eigenvalue weighted by atomic mass is 127. The fraction of sp³-hybridized carbons (Fsp3) is 0.250. The Morgan fingerprint density at radius 1 is 1.19 bits per heavy atom. The quantitative estimate of drug-likeness (QED) is 0.482. The Balaban J connectivity index is 2.32. The lowest BCUT2D eigenvalue weighted by Gasteiger charge is -2.21. The van der Waals surface area contributed by atoms with Gasteiger partial charge in [0.2, 0.25) is 0 Å². The lowest BCUT2D eigenvalue weighted by molar-refractivity contribution is 0.545. The van der Waals surface area contributed by atoms with Gasteiger partial charge >= 0.3 is 0 Å². The highest BCUT2D eigenvalue weighted by Gasteiger charge is 2.16. The smallest absolute Gasteiger partial charge is 0.124 e. The molecule has 1 nitrogen and oxygen atoms in total. The summed E-state index contributed by atoms with van der Waals surface area (Å²) in [6.45, 7) is 2.98. The second-order valence-corrected chi connectivity index (χ2v) is 7.65. The van der Waals surface area contributed by atoms with E-state index in [-0.39, 0.29) is 11.9 Å². The molecule has 1 N–H and O–H groups in total. The summed E-state index contributed by atoms with van der Waals surface area (Å²) >= 11 is 9.34. The van der Waals surface area contributed by atoms with Crippen molar-refractivity contribution >= 4 is 54.5 Å². The molecule has 0 aromatic heterocycles. The van der Waals surface area contributed by atoms with E-state index in [1.807, 2.05) is 12.1 Å². The lowest BCUT2D eigenvalue weighted by atomic mass is 9.99. The fourth-order valence-corrected chi connectivity index (χ4v) is 3.83. The molecule has 0 bridgehead atoms. The Morgan fingerprint density at radius 3 is 2.62 bits per heavy atom. The first-order valence-corrected chi connectivity index (χ1v) is 9.30. The second-order valence-electron chi connectivity index (χ2n) is 4.72. The van der Waals surface area contributed by atoms with Gasteiger partial charge in [0.05, 0.1) is 0 Å². The van der Waals surface area contributed by atoms with E-state index in [4.69, 9.17) is 0 Å². The van der Waals surface area contributed by atoms with Gasteiger partial charge in [0.1, 0.15) is 5.82 Å². The van der Waals surface area contributed by atoms with Gasteiger partial charge in [-0.2, -0.15) is 0 Å². The zero-order valence-corrected chi connectivity index (χ0v) is 16.8. The van der Waals surface area contributed by atoms with Gasteiger partial charge < -0.3 is 5.32 Å². The monoisotopic (exact) mass is 525 g/mol. The van der Waals surface area contributed by atoms with E-state index in [2.05, 4.69) is 78.8 Å². The molecule has 5 heteroatoms.